The lowest BCUT2D eigenvalue weighted by Crippen LogP contribution is -2.54. The van der Waals surface area contributed by atoms with Gasteiger partial charge in [-0.25, -0.2) is 19.6 Å². The number of nitrogens with one attached hydrogen (secondary N) is 4. The summed E-state index contributed by atoms with van der Waals surface area (Å²) < 4.78 is 21.9. The Labute approximate surface area is 383 Å². The van der Waals surface area contributed by atoms with Crippen LogP contribution in [0.25, 0.3) is 44.2 Å². The van der Waals surface area contributed by atoms with Gasteiger partial charge in [0.05, 0.1) is 49.2 Å². The van der Waals surface area contributed by atoms with Crippen molar-refractivity contribution in [1.29, 1.82) is 0 Å². The average Bonchev–Trinajstić information content (AvgIpc) is 4.19. The summed E-state index contributed by atoms with van der Waals surface area (Å²) in [5, 5.41) is 7.65. The Hall–Kier alpha value is -6.16. The molecular formula is C50H60N8O8. The standard InChI is InChI=1S/C50H60N8O8/c1-6-32-12-15-39(57(32)48(60)43(56-50(62)64-5)27-16-18-65-19-17-27)46-52-36-14-11-28-21-35-33-13-10-29(20-31(33)25-66-41(35)23-34(28)44(36)54-46)37-24-51-45(53-37)40-22-30-8-7-9-38(30)58(40)47(59)42(26(2)3)55-49(61)63-4/h10-11,13-14,20-21,23-24,26-27,30,32,38-40,42-43H,6-9,12,15-19,22,25H2,1-5H3,(H,51,53)(H,52,54)(H,55,61)(H,56,62). The average molecular weight is 901 g/mol. The largest absolute Gasteiger partial charge is 0.488 e. The van der Waals surface area contributed by atoms with E-state index >= 15 is 0 Å². The minimum Gasteiger partial charge on any atom is -0.488 e. The monoisotopic (exact) mass is 900 g/mol. The second-order valence-electron chi connectivity index (χ2n) is 19.1. The van der Waals surface area contributed by atoms with E-state index in [4.69, 9.17) is 28.9 Å². The maximum absolute atomic E-state index is 14.6. The van der Waals surface area contributed by atoms with Gasteiger partial charge in [-0.05, 0) is 115 Å². The molecule has 4 N–H and O–H groups in total. The van der Waals surface area contributed by atoms with Crippen LogP contribution in [0.15, 0.2) is 48.7 Å². The van der Waals surface area contributed by atoms with E-state index in [1.54, 1.807) is 0 Å². The number of imidazole rings is 2. The fourth-order valence-electron chi connectivity index (χ4n) is 11.7. The summed E-state index contributed by atoms with van der Waals surface area (Å²) in [6, 6.07) is 13.0. The number of aromatic amines is 2. The van der Waals surface area contributed by atoms with E-state index in [0.29, 0.717) is 38.6 Å². The molecule has 5 aliphatic rings. The molecule has 0 radical (unpaired) electrons. The number of carbonyl (C=O) groups excluding carboxylic acids is 4. The zero-order valence-electron chi connectivity index (χ0n) is 38.4. The predicted octanol–water partition coefficient (Wildman–Crippen LogP) is 8.08. The van der Waals surface area contributed by atoms with Crippen LogP contribution in [0, 0.1) is 17.8 Å². The van der Waals surface area contributed by atoms with E-state index in [1.165, 1.54) is 14.2 Å². The quantitative estimate of drug-likeness (QED) is 0.107. The number of hydrogen-bond acceptors (Lipinski definition) is 10. The summed E-state index contributed by atoms with van der Waals surface area (Å²) in [6.45, 7) is 7.45. The highest BCUT2D eigenvalue weighted by Crippen LogP contribution is 2.48. The molecule has 1 saturated carbocycles. The highest BCUT2D eigenvalue weighted by molar-refractivity contribution is 6.07. The van der Waals surface area contributed by atoms with E-state index < -0.39 is 24.3 Å². The number of fused-ring (bicyclic) bond motifs is 7. The normalized spacial score (nSPS) is 23.6. The van der Waals surface area contributed by atoms with Gasteiger partial charge in [-0.2, -0.15) is 0 Å². The number of carbonyl (C=O) groups is 4. The molecule has 16 heteroatoms. The van der Waals surface area contributed by atoms with Gasteiger partial charge >= 0.3 is 12.2 Å². The molecule has 348 valence electrons. The van der Waals surface area contributed by atoms with Crippen LogP contribution in [0.2, 0.25) is 0 Å². The van der Waals surface area contributed by atoms with Crippen molar-refractivity contribution >= 4 is 45.8 Å². The summed E-state index contributed by atoms with van der Waals surface area (Å²) >= 11 is 0. The van der Waals surface area contributed by atoms with Gasteiger partial charge < -0.3 is 49.3 Å². The van der Waals surface area contributed by atoms with E-state index in [1.807, 2.05) is 29.8 Å². The van der Waals surface area contributed by atoms with E-state index in [0.717, 1.165) is 112 Å². The number of ether oxygens (including phenoxy) is 4. The van der Waals surface area contributed by atoms with Crippen molar-refractivity contribution in [2.75, 3.05) is 27.4 Å². The number of hydrogen-bond donors (Lipinski definition) is 4. The van der Waals surface area contributed by atoms with Crippen LogP contribution in [-0.2, 0) is 30.4 Å². The molecule has 4 fully saturated rings. The smallest absolute Gasteiger partial charge is 0.407 e. The Bertz CT molecular complexity index is 2670. The number of H-pyrrole nitrogens is 2. The van der Waals surface area contributed by atoms with Crippen molar-refractivity contribution in [3.8, 4) is 28.1 Å². The Morgan fingerprint density at radius 2 is 1.65 bits per heavy atom. The van der Waals surface area contributed by atoms with Gasteiger partial charge in [0.15, 0.2) is 0 Å². The number of methoxy groups -OCH3 is 2. The molecule has 4 amide bonds. The molecule has 0 spiro atoms. The predicted molar refractivity (Wildman–Crippen MR) is 246 cm³/mol. The van der Waals surface area contributed by atoms with Crippen LogP contribution in [0.4, 0.5) is 9.59 Å². The molecule has 7 atom stereocenters. The van der Waals surface area contributed by atoms with Gasteiger partial charge in [0.2, 0.25) is 11.8 Å². The number of likely N-dealkylation sites (tertiary alicyclic amines) is 2. The molecule has 10 rings (SSSR count). The molecule has 4 aliphatic heterocycles. The Morgan fingerprint density at radius 3 is 2.42 bits per heavy atom. The molecule has 16 nitrogen and oxygen atoms in total. The van der Waals surface area contributed by atoms with Crippen molar-refractivity contribution in [2.45, 2.75) is 121 Å². The van der Waals surface area contributed by atoms with Crippen LogP contribution < -0.4 is 15.4 Å². The van der Waals surface area contributed by atoms with Crippen LogP contribution in [0.5, 0.6) is 5.75 Å². The second-order valence-corrected chi connectivity index (χ2v) is 19.1. The van der Waals surface area contributed by atoms with E-state index in [9.17, 15) is 19.2 Å². The van der Waals surface area contributed by atoms with E-state index in [2.05, 4.69) is 70.0 Å². The SMILES string of the molecule is CCC1CCC(c2nc3c(ccc4cc5c(cc43)OCc3cc(-c4cnc(C6CC7CCCC7N6C(=O)C(NC(=O)OC)C(C)C)[nH]4)ccc3-5)[nH]2)N1C(=O)C(NC(=O)OC)C1CCOCC1. The van der Waals surface area contributed by atoms with Gasteiger partial charge in [-0.1, -0.05) is 45.4 Å². The first kappa shape index (κ1) is 43.7. The number of nitrogens with zero attached hydrogens (tertiary/aromatic N) is 4. The topological polar surface area (TPSA) is 193 Å². The highest BCUT2D eigenvalue weighted by atomic mass is 16.5. The molecule has 2 aromatic heterocycles. The van der Waals surface area contributed by atoms with Crippen molar-refractivity contribution < 1.29 is 38.1 Å². The Balaban J connectivity index is 0.911. The maximum atomic E-state index is 14.6. The minimum absolute atomic E-state index is 0.0134. The minimum atomic E-state index is -0.720. The zero-order chi connectivity index (χ0) is 45.8. The number of rotatable bonds is 10. The molecule has 3 saturated heterocycles. The van der Waals surface area contributed by atoms with Crippen molar-refractivity contribution in [1.82, 2.24) is 40.4 Å². The molecule has 1 aliphatic carbocycles. The van der Waals surface area contributed by atoms with Crippen LogP contribution in [0.1, 0.15) is 108 Å². The molecule has 66 heavy (non-hydrogen) atoms. The lowest BCUT2D eigenvalue weighted by molar-refractivity contribution is -0.139. The van der Waals surface area contributed by atoms with Gasteiger partial charge in [0.25, 0.3) is 0 Å². The third-order valence-corrected chi connectivity index (χ3v) is 15.1. The van der Waals surface area contributed by atoms with Gasteiger partial charge in [-0.3, -0.25) is 9.59 Å². The molecule has 5 aromatic rings. The lowest BCUT2D eigenvalue weighted by atomic mass is 9.90. The van der Waals surface area contributed by atoms with Crippen LogP contribution in [-0.4, -0.2) is 105 Å². The summed E-state index contributed by atoms with van der Waals surface area (Å²) in [5.74, 6) is 2.27. The zero-order valence-corrected chi connectivity index (χ0v) is 38.4. The number of amides is 4. The van der Waals surface area contributed by atoms with Crippen molar-refractivity contribution in [3.63, 3.8) is 0 Å². The van der Waals surface area contributed by atoms with Crippen LogP contribution in [0.3, 0.4) is 0 Å². The first-order valence-electron chi connectivity index (χ1n) is 23.7. The third kappa shape index (κ3) is 7.79. The van der Waals surface area contributed by atoms with Gasteiger partial charge in [0, 0.05) is 36.2 Å². The summed E-state index contributed by atoms with van der Waals surface area (Å²) in [7, 11) is 2.63. The molecule has 7 unspecified atom stereocenters. The second kappa shape index (κ2) is 17.9. The molecule has 0 bridgehead atoms. The van der Waals surface area contributed by atoms with E-state index in [-0.39, 0.29) is 47.8 Å². The first-order chi connectivity index (χ1) is 32.0. The summed E-state index contributed by atoms with van der Waals surface area (Å²) in [5.41, 5.74) is 6.67. The Morgan fingerprint density at radius 1 is 0.848 bits per heavy atom. The third-order valence-electron chi connectivity index (χ3n) is 15.1. The fraction of sp³-hybridized carbons (Fsp3) is 0.520. The lowest BCUT2D eigenvalue weighted by Gasteiger charge is -2.36. The highest BCUT2D eigenvalue weighted by Gasteiger charge is 2.50. The summed E-state index contributed by atoms with van der Waals surface area (Å²) in [4.78, 5) is 74.8. The number of aromatic nitrogens is 4. The molecule has 6 heterocycles. The fourth-order valence-corrected chi connectivity index (χ4v) is 11.7. The Kier molecular flexibility index (Phi) is 11.9. The van der Waals surface area contributed by atoms with Crippen LogP contribution >= 0.6 is 0 Å². The number of alkyl carbamates (subject to hydrolysis) is 2. The van der Waals surface area contributed by atoms with Gasteiger partial charge in [0.1, 0.15) is 36.1 Å². The molecular weight excluding hydrogens is 841 g/mol. The number of benzene rings is 3. The van der Waals surface area contributed by atoms with Crippen molar-refractivity contribution in [2.24, 2.45) is 17.8 Å². The van der Waals surface area contributed by atoms with Crippen molar-refractivity contribution in [3.05, 3.63) is 65.9 Å². The van der Waals surface area contributed by atoms with Gasteiger partial charge in [-0.15, -0.1) is 0 Å². The maximum Gasteiger partial charge on any atom is 0.407 e. The molecule has 3 aromatic carbocycles. The summed E-state index contributed by atoms with van der Waals surface area (Å²) in [6.07, 6.45) is 8.29. The first-order valence-corrected chi connectivity index (χ1v) is 23.7.